The number of hydrogen-bond acceptors (Lipinski definition) is 5. The highest BCUT2D eigenvalue weighted by molar-refractivity contribution is 6.31. The van der Waals surface area contributed by atoms with Gasteiger partial charge in [0.2, 0.25) is 17.7 Å². The number of fused-ring (bicyclic) bond motifs is 4. The molecular weight excluding hydrogens is 422 g/mol. The van der Waals surface area contributed by atoms with Gasteiger partial charge < -0.3 is 10.4 Å². The molecule has 0 saturated carbocycles. The first-order valence-electron chi connectivity index (χ1n) is 9.88. The highest BCUT2D eigenvalue weighted by atomic mass is 35.5. The summed E-state index contributed by atoms with van der Waals surface area (Å²) in [6.45, 7) is 0. The van der Waals surface area contributed by atoms with Gasteiger partial charge in [-0.05, 0) is 30.7 Å². The summed E-state index contributed by atoms with van der Waals surface area (Å²) >= 11 is 6.07. The van der Waals surface area contributed by atoms with Crippen molar-refractivity contribution in [2.75, 3.05) is 10.2 Å². The Hall–Kier alpha value is -3.23. The fourth-order valence-electron chi connectivity index (χ4n) is 5.16. The number of carbonyl (C=O) groups excluding carboxylic acids is 3. The van der Waals surface area contributed by atoms with E-state index in [1.807, 2.05) is 0 Å². The third-order valence-corrected chi connectivity index (χ3v) is 6.59. The van der Waals surface area contributed by atoms with Gasteiger partial charge in [-0.25, -0.2) is 4.90 Å². The minimum atomic E-state index is -1.44. The molecule has 2 aromatic carbocycles. The molecule has 31 heavy (non-hydrogen) atoms. The smallest absolute Gasteiger partial charge is 0.303 e. The summed E-state index contributed by atoms with van der Waals surface area (Å²) in [6, 6.07) is 12.8. The number of benzene rings is 2. The molecule has 158 valence electrons. The van der Waals surface area contributed by atoms with Crippen LogP contribution in [0.15, 0.2) is 48.5 Å². The van der Waals surface area contributed by atoms with Crippen LogP contribution in [0.2, 0.25) is 5.02 Å². The van der Waals surface area contributed by atoms with Crippen LogP contribution in [0.25, 0.3) is 0 Å². The molecule has 5 rings (SSSR count). The van der Waals surface area contributed by atoms with Crippen molar-refractivity contribution in [3.05, 3.63) is 59.1 Å². The van der Waals surface area contributed by atoms with Crippen molar-refractivity contribution in [1.82, 2.24) is 5.32 Å². The van der Waals surface area contributed by atoms with Gasteiger partial charge in [0.25, 0.3) is 0 Å². The molecule has 3 amide bonds. The second-order valence-corrected chi connectivity index (χ2v) is 8.42. The molecule has 4 unspecified atom stereocenters. The molecule has 4 atom stereocenters. The van der Waals surface area contributed by atoms with Crippen molar-refractivity contribution in [2.45, 2.75) is 24.4 Å². The minimum absolute atomic E-state index is 0.107. The van der Waals surface area contributed by atoms with Crippen LogP contribution in [-0.4, -0.2) is 34.8 Å². The van der Waals surface area contributed by atoms with Gasteiger partial charge in [-0.1, -0.05) is 35.9 Å². The van der Waals surface area contributed by atoms with E-state index in [1.165, 1.54) is 6.07 Å². The predicted octanol–water partition coefficient (Wildman–Crippen LogP) is 2.13. The number of nitrogens with one attached hydrogen (secondary N) is 2. The zero-order valence-corrected chi connectivity index (χ0v) is 16.9. The molecule has 2 fully saturated rings. The minimum Gasteiger partial charge on any atom is -0.481 e. The van der Waals surface area contributed by atoms with Gasteiger partial charge in [0, 0.05) is 28.7 Å². The highest BCUT2D eigenvalue weighted by Gasteiger charge is 2.70. The summed E-state index contributed by atoms with van der Waals surface area (Å²) in [7, 11) is 0. The lowest BCUT2D eigenvalue weighted by molar-refractivity contribution is -0.137. The van der Waals surface area contributed by atoms with Gasteiger partial charge in [0.1, 0.15) is 5.54 Å². The van der Waals surface area contributed by atoms with Gasteiger partial charge in [0.15, 0.2) is 0 Å². The summed E-state index contributed by atoms with van der Waals surface area (Å²) in [5.74, 6) is -4.28. The summed E-state index contributed by atoms with van der Waals surface area (Å²) in [5.41, 5.74) is 0.0431. The summed E-state index contributed by atoms with van der Waals surface area (Å²) in [4.78, 5) is 52.6. The molecule has 9 heteroatoms. The van der Waals surface area contributed by atoms with Gasteiger partial charge >= 0.3 is 5.97 Å². The number of para-hydroxylation sites is 1. The molecule has 0 aliphatic carbocycles. The first kappa shape index (κ1) is 19.7. The monoisotopic (exact) mass is 439 g/mol. The van der Waals surface area contributed by atoms with E-state index in [1.54, 1.807) is 42.5 Å². The van der Waals surface area contributed by atoms with Gasteiger partial charge in [-0.15, -0.1) is 0 Å². The molecule has 3 N–H and O–H groups in total. The van der Waals surface area contributed by atoms with Crippen molar-refractivity contribution in [3.63, 3.8) is 0 Å². The van der Waals surface area contributed by atoms with Crippen LogP contribution in [-0.2, 0) is 24.7 Å². The van der Waals surface area contributed by atoms with E-state index in [0.717, 1.165) is 4.90 Å². The quantitative estimate of drug-likeness (QED) is 0.628. The van der Waals surface area contributed by atoms with Crippen LogP contribution in [0, 0.1) is 11.8 Å². The fraction of sp³-hybridized carbons (Fsp3) is 0.273. The average Bonchev–Trinajstić information content (AvgIpc) is 3.31. The zero-order chi connectivity index (χ0) is 21.9. The number of amides is 3. The number of anilines is 2. The van der Waals surface area contributed by atoms with Gasteiger partial charge in [-0.2, -0.15) is 0 Å². The fourth-order valence-corrected chi connectivity index (χ4v) is 5.34. The number of nitrogens with zero attached hydrogens (tertiary/aromatic N) is 1. The Morgan fingerprint density at radius 3 is 2.61 bits per heavy atom. The second kappa shape index (κ2) is 6.90. The molecular formula is C22H18ClN3O5. The van der Waals surface area contributed by atoms with Gasteiger partial charge in [0.05, 0.1) is 17.5 Å². The van der Waals surface area contributed by atoms with Gasteiger partial charge in [-0.3, -0.25) is 24.5 Å². The lowest BCUT2D eigenvalue weighted by Gasteiger charge is -2.29. The lowest BCUT2D eigenvalue weighted by Crippen LogP contribution is -2.53. The predicted molar refractivity (Wildman–Crippen MR) is 111 cm³/mol. The maximum atomic E-state index is 13.6. The Morgan fingerprint density at radius 1 is 1.10 bits per heavy atom. The number of carboxylic acid groups (broad SMARTS) is 1. The van der Waals surface area contributed by atoms with E-state index in [2.05, 4.69) is 10.6 Å². The largest absolute Gasteiger partial charge is 0.481 e. The molecule has 0 bridgehead atoms. The molecule has 2 aromatic rings. The number of imide groups is 1. The number of carboxylic acids is 1. The Balaban J connectivity index is 1.65. The number of hydrogen-bond donors (Lipinski definition) is 3. The first-order valence-corrected chi connectivity index (χ1v) is 10.3. The molecule has 2 saturated heterocycles. The topological polar surface area (TPSA) is 116 Å². The van der Waals surface area contributed by atoms with E-state index in [4.69, 9.17) is 11.6 Å². The Kier molecular flexibility index (Phi) is 4.39. The van der Waals surface area contributed by atoms with Crippen molar-refractivity contribution >= 4 is 46.7 Å². The summed E-state index contributed by atoms with van der Waals surface area (Å²) in [6.07, 6.45) is -0.0883. The number of rotatable bonds is 4. The third-order valence-electron chi connectivity index (χ3n) is 6.36. The number of halogens is 1. The van der Waals surface area contributed by atoms with Crippen LogP contribution in [0.5, 0.6) is 0 Å². The molecule has 0 aromatic heterocycles. The van der Waals surface area contributed by atoms with Crippen LogP contribution >= 0.6 is 11.6 Å². The summed E-state index contributed by atoms with van der Waals surface area (Å²) in [5, 5.41) is 15.6. The number of aliphatic carboxylic acids is 1. The lowest BCUT2D eigenvalue weighted by atomic mass is 9.76. The Bertz CT molecular complexity index is 1150. The van der Waals surface area contributed by atoms with E-state index in [9.17, 15) is 24.3 Å². The Labute approximate surface area is 182 Å². The summed E-state index contributed by atoms with van der Waals surface area (Å²) < 4.78 is 0. The van der Waals surface area contributed by atoms with Crippen LogP contribution < -0.4 is 15.5 Å². The van der Waals surface area contributed by atoms with E-state index in [-0.39, 0.29) is 12.8 Å². The van der Waals surface area contributed by atoms with Crippen molar-refractivity contribution in [1.29, 1.82) is 0 Å². The van der Waals surface area contributed by atoms with Crippen molar-refractivity contribution in [3.8, 4) is 0 Å². The highest BCUT2D eigenvalue weighted by Crippen LogP contribution is 2.54. The normalized spacial score (nSPS) is 28.7. The maximum Gasteiger partial charge on any atom is 0.303 e. The van der Waals surface area contributed by atoms with Crippen LogP contribution in [0.1, 0.15) is 18.4 Å². The maximum absolute atomic E-state index is 13.6. The van der Waals surface area contributed by atoms with Crippen LogP contribution in [0.4, 0.5) is 11.4 Å². The third kappa shape index (κ3) is 2.72. The molecule has 1 spiro atoms. The van der Waals surface area contributed by atoms with Crippen molar-refractivity contribution < 1.29 is 24.3 Å². The molecule has 3 heterocycles. The second-order valence-electron chi connectivity index (χ2n) is 7.99. The SMILES string of the molecule is O=C(O)CCC1NC2(C(=O)Nc3ccccc32)C2C(=O)N(c3cccc(Cl)c3)C(=O)C12. The standard InChI is InChI=1S/C22H18ClN3O5/c23-11-4-3-5-12(10-11)26-19(29)17-15(8-9-16(27)28)25-22(18(17)20(26)30)13-6-1-2-7-14(13)24-21(22)31/h1-7,10,15,17-18,25H,8-9H2,(H,24,31)(H,27,28). The van der Waals surface area contributed by atoms with E-state index in [0.29, 0.717) is 22.0 Å². The average molecular weight is 440 g/mol. The molecule has 3 aliphatic rings. The van der Waals surface area contributed by atoms with Crippen LogP contribution in [0.3, 0.4) is 0 Å². The first-order chi connectivity index (χ1) is 14.8. The van der Waals surface area contributed by atoms with E-state index >= 15 is 0 Å². The molecule has 8 nitrogen and oxygen atoms in total. The zero-order valence-electron chi connectivity index (χ0n) is 16.2. The molecule has 3 aliphatic heterocycles. The van der Waals surface area contributed by atoms with E-state index < -0.39 is 47.1 Å². The number of carbonyl (C=O) groups is 4. The van der Waals surface area contributed by atoms with Crippen molar-refractivity contribution in [2.24, 2.45) is 11.8 Å². The Morgan fingerprint density at radius 2 is 1.87 bits per heavy atom. The molecule has 0 radical (unpaired) electrons.